The molecule has 1 aliphatic heterocycles. The molecule has 0 unspecified atom stereocenters. The Morgan fingerprint density at radius 1 is 0.947 bits per heavy atom. The van der Waals surface area contributed by atoms with E-state index in [9.17, 15) is 4.39 Å². The van der Waals surface area contributed by atoms with Gasteiger partial charge < -0.3 is 9.31 Å². The minimum atomic E-state index is -1.32. The van der Waals surface area contributed by atoms with Gasteiger partial charge in [-0.2, -0.15) is 0 Å². The summed E-state index contributed by atoms with van der Waals surface area (Å²) < 4.78 is 25.7. The molecule has 1 aromatic carbocycles. The zero-order valence-corrected chi connectivity index (χ0v) is 12.6. The molecular formula is C15H22BFO2. The summed E-state index contributed by atoms with van der Waals surface area (Å²) in [6.45, 7) is 11.2. The van der Waals surface area contributed by atoms with Gasteiger partial charge in [0.1, 0.15) is 5.67 Å². The third-order valence-electron chi connectivity index (χ3n) is 4.12. The highest BCUT2D eigenvalue weighted by Gasteiger charge is 2.51. The van der Waals surface area contributed by atoms with Crippen molar-refractivity contribution in [1.29, 1.82) is 0 Å². The van der Waals surface area contributed by atoms with Gasteiger partial charge in [-0.3, -0.25) is 0 Å². The highest BCUT2D eigenvalue weighted by atomic mass is 19.1. The first-order chi connectivity index (χ1) is 8.53. The van der Waals surface area contributed by atoms with Crippen molar-refractivity contribution >= 4 is 12.6 Å². The summed E-state index contributed by atoms with van der Waals surface area (Å²) in [5.74, 6) is 0. The zero-order valence-electron chi connectivity index (χ0n) is 12.6. The smallest absolute Gasteiger partial charge is 0.399 e. The summed E-state index contributed by atoms with van der Waals surface area (Å²) in [4.78, 5) is 0. The quantitative estimate of drug-likeness (QED) is 0.764. The number of benzene rings is 1. The summed E-state index contributed by atoms with van der Waals surface area (Å²) >= 11 is 0. The molecule has 104 valence electrons. The molecule has 2 nitrogen and oxygen atoms in total. The Labute approximate surface area is 115 Å². The van der Waals surface area contributed by atoms with Crippen LogP contribution in [0.2, 0.25) is 0 Å². The van der Waals surface area contributed by atoms with Crippen molar-refractivity contribution in [2.75, 3.05) is 0 Å². The molecule has 0 saturated carbocycles. The van der Waals surface area contributed by atoms with E-state index in [0.29, 0.717) is 5.56 Å². The molecule has 0 bridgehead atoms. The van der Waals surface area contributed by atoms with Gasteiger partial charge in [0.2, 0.25) is 0 Å². The van der Waals surface area contributed by atoms with Crippen LogP contribution in [-0.2, 0) is 15.0 Å². The predicted octanol–water partition coefficient (Wildman–Crippen LogP) is 3.19. The summed E-state index contributed by atoms with van der Waals surface area (Å²) in [5.41, 5.74) is -0.445. The molecule has 1 aromatic rings. The van der Waals surface area contributed by atoms with Crippen LogP contribution in [0.4, 0.5) is 4.39 Å². The van der Waals surface area contributed by atoms with Crippen LogP contribution in [0.1, 0.15) is 47.1 Å². The van der Waals surface area contributed by atoms with E-state index >= 15 is 0 Å². The van der Waals surface area contributed by atoms with Crippen LogP contribution in [0.25, 0.3) is 0 Å². The van der Waals surface area contributed by atoms with E-state index in [1.165, 1.54) is 0 Å². The lowest BCUT2D eigenvalue weighted by molar-refractivity contribution is 0.00578. The van der Waals surface area contributed by atoms with Crippen molar-refractivity contribution in [3.63, 3.8) is 0 Å². The van der Waals surface area contributed by atoms with Crippen molar-refractivity contribution in [3.05, 3.63) is 29.8 Å². The topological polar surface area (TPSA) is 18.5 Å². The molecule has 1 fully saturated rings. The molecule has 0 spiro atoms. The standard InChI is InChI=1S/C15H22BFO2/c1-13(2,17)11-7-9-12(10-8-11)16-18-14(3,4)15(5,6)19-16/h7-10H,1-6H3. The lowest BCUT2D eigenvalue weighted by atomic mass is 9.78. The van der Waals surface area contributed by atoms with Gasteiger partial charge in [-0.15, -0.1) is 0 Å². The van der Waals surface area contributed by atoms with Crippen LogP contribution in [0.15, 0.2) is 24.3 Å². The lowest BCUT2D eigenvalue weighted by Gasteiger charge is -2.32. The van der Waals surface area contributed by atoms with E-state index in [-0.39, 0.29) is 18.3 Å². The molecule has 1 heterocycles. The van der Waals surface area contributed by atoms with Crippen LogP contribution in [0.5, 0.6) is 0 Å². The second-order valence-corrected chi connectivity index (χ2v) is 6.68. The predicted molar refractivity (Wildman–Crippen MR) is 76.3 cm³/mol. The summed E-state index contributed by atoms with van der Waals surface area (Å²) in [6.07, 6.45) is 0. The Bertz CT molecular complexity index is 444. The van der Waals surface area contributed by atoms with Crippen molar-refractivity contribution in [3.8, 4) is 0 Å². The Morgan fingerprint density at radius 2 is 1.37 bits per heavy atom. The first kappa shape index (κ1) is 14.5. The number of rotatable bonds is 2. The first-order valence-electron chi connectivity index (χ1n) is 6.68. The fraction of sp³-hybridized carbons (Fsp3) is 0.600. The molecule has 0 radical (unpaired) electrons. The molecular weight excluding hydrogens is 242 g/mol. The molecule has 0 aliphatic carbocycles. The average molecular weight is 264 g/mol. The van der Waals surface area contributed by atoms with E-state index in [0.717, 1.165) is 5.46 Å². The number of hydrogen-bond donors (Lipinski definition) is 0. The van der Waals surface area contributed by atoms with Crippen LogP contribution in [-0.4, -0.2) is 18.3 Å². The molecule has 1 aliphatic rings. The Hall–Kier alpha value is -0.865. The van der Waals surface area contributed by atoms with E-state index in [1.54, 1.807) is 26.0 Å². The van der Waals surface area contributed by atoms with Gasteiger partial charge in [0.05, 0.1) is 11.2 Å². The molecule has 4 heteroatoms. The van der Waals surface area contributed by atoms with E-state index < -0.39 is 5.67 Å². The van der Waals surface area contributed by atoms with Gasteiger partial charge >= 0.3 is 7.12 Å². The minimum absolute atomic E-state index is 0.351. The van der Waals surface area contributed by atoms with Gasteiger partial charge in [0.25, 0.3) is 0 Å². The van der Waals surface area contributed by atoms with Gasteiger partial charge in [-0.1, -0.05) is 24.3 Å². The van der Waals surface area contributed by atoms with Gasteiger partial charge in [-0.25, -0.2) is 4.39 Å². The number of halogens is 1. The van der Waals surface area contributed by atoms with E-state index in [4.69, 9.17) is 9.31 Å². The first-order valence-corrected chi connectivity index (χ1v) is 6.68. The lowest BCUT2D eigenvalue weighted by Crippen LogP contribution is -2.41. The second kappa shape index (κ2) is 4.32. The Morgan fingerprint density at radius 3 is 1.74 bits per heavy atom. The van der Waals surface area contributed by atoms with Gasteiger partial charge in [0.15, 0.2) is 0 Å². The van der Waals surface area contributed by atoms with Crippen LogP contribution >= 0.6 is 0 Å². The molecule has 19 heavy (non-hydrogen) atoms. The average Bonchev–Trinajstić information content (AvgIpc) is 2.47. The number of hydrogen-bond acceptors (Lipinski definition) is 2. The zero-order chi connectivity index (χ0) is 14.5. The van der Waals surface area contributed by atoms with Crippen molar-refractivity contribution in [1.82, 2.24) is 0 Å². The van der Waals surface area contributed by atoms with Crippen molar-refractivity contribution in [2.24, 2.45) is 0 Å². The maximum Gasteiger partial charge on any atom is 0.494 e. The van der Waals surface area contributed by atoms with Crippen molar-refractivity contribution < 1.29 is 13.7 Å². The van der Waals surface area contributed by atoms with Gasteiger partial charge in [0, 0.05) is 0 Å². The normalized spacial score (nSPS) is 21.7. The largest absolute Gasteiger partial charge is 0.494 e. The summed E-state index contributed by atoms with van der Waals surface area (Å²) in [6, 6.07) is 7.33. The maximum absolute atomic E-state index is 13.8. The number of alkyl halides is 1. The molecule has 0 N–H and O–H groups in total. The summed E-state index contributed by atoms with van der Waals surface area (Å²) in [7, 11) is -0.387. The third-order valence-corrected chi connectivity index (χ3v) is 4.12. The third kappa shape index (κ3) is 2.70. The van der Waals surface area contributed by atoms with Crippen molar-refractivity contribution in [2.45, 2.75) is 58.4 Å². The van der Waals surface area contributed by atoms with Crippen LogP contribution < -0.4 is 5.46 Å². The maximum atomic E-state index is 13.8. The van der Waals surface area contributed by atoms with E-state index in [2.05, 4.69) is 0 Å². The molecule has 1 saturated heterocycles. The second-order valence-electron chi connectivity index (χ2n) is 6.68. The minimum Gasteiger partial charge on any atom is -0.399 e. The monoisotopic (exact) mass is 264 g/mol. The summed E-state index contributed by atoms with van der Waals surface area (Å²) in [5, 5.41) is 0. The SMILES string of the molecule is CC(C)(F)c1ccc(B2OC(C)(C)C(C)(C)O2)cc1. The van der Waals surface area contributed by atoms with E-state index in [1.807, 2.05) is 39.8 Å². The molecule has 0 atom stereocenters. The molecule has 0 aromatic heterocycles. The highest BCUT2D eigenvalue weighted by Crippen LogP contribution is 2.36. The molecule has 0 amide bonds. The van der Waals surface area contributed by atoms with Gasteiger partial charge in [-0.05, 0) is 52.6 Å². The van der Waals surface area contributed by atoms with Crippen LogP contribution in [0.3, 0.4) is 0 Å². The highest BCUT2D eigenvalue weighted by molar-refractivity contribution is 6.62. The molecule has 2 rings (SSSR count). The van der Waals surface area contributed by atoms with Crippen LogP contribution in [0, 0.1) is 0 Å². The fourth-order valence-corrected chi connectivity index (χ4v) is 2.02. The Balaban J connectivity index is 2.22. The Kier molecular flexibility index (Phi) is 3.31. The fourth-order valence-electron chi connectivity index (χ4n) is 2.02.